The van der Waals surface area contributed by atoms with Crippen LogP contribution < -0.4 is 10.3 Å². The zero-order chi connectivity index (χ0) is 16.2. The van der Waals surface area contributed by atoms with Crippen LogP contribution in [0.15, 0.2) is 65.6 Å². The van der Waals surface area contributed by atoms with Gasteiger partial charge in [0.25, 0.3) is 5.56 Å². The van der Waals surface area contributed by atoms with E-state index < -0.39 is 0 Å². The molecule has 0 unspecified atom stereocenters. The number of Topliss-reactive ketones (excluding diaryl/α,β-unsaturated/α-hetero) is 1. The summed E-state index contributed by atoms with van der Waals surface area (Å²) in [6, 6.07) is 16.2. The molecular weight excluding hydrogens is 290 g/mol. The molecule has 0 atom stereocenters. The van der Waals surface area contributed by atoms with Gasteiger partial charge in [0.2, 0.25) is 0 Å². The van der Waals surface area contributed by atoms with Gasteiger partial charge >= 0.3 is 0 Å². The van der Waals surface area contributed by atoms with Crippen molar-refractivity contribution in [3.63, 3.8) is 0 Å². The van der Waals surface area contributed by atoms with E-state index in [0.29, 0.717) is 23.2 Å². The van der Waals surface area contributed by atoms with E-state index in [-0.39, 0.29) is 17.9 Å². The van der Waals surface area contributed by atoms with Crippen molar-refractivity contribution in [2.45, 2.75) is 13.5 Å². The molecule has 116 valence electrons. The van der Waals surface area contributed by atoms with Crippen LogP contribution in [-0.4, -0.2) is 17.0 Å². The van der Waals surface area contributed by atoms with Crippen LogP contribution in [0.4, 0.5) is 0 Å². The van der Waals surface area contributed by atoms with Crippen LogP contribution in [0.25, 0.3) is 10.8 Å². The van der Waals surface area contributed by atoms with E-state index in [9.17, 15) is 9.59 Å². The third kappa shape index (κ3) is 3.01. The highest BCUT2D eigenvalue weighted by molar-refractivity contribution is 5.97. The highest BCUT2D eigenvalue weighted by atomic mass is 16.5. The predicted molar refractivity (Wildman–Crippen MR) is 90.1 cm³/mol. The van der Waals surface area contributed by atoms with Gasteiger partial charge < -0.3 is 9.30 Å². The maximum absolute atomic E-state index is 12.3. The van der Waals surface area contributed by atoms with E-state index >= 15 is 0 Å². The Morgan fingerprint density at radius 2 is 1.78 bits per heavy atom. The SMILES string of the molecule is CCn1ccc2c(OCC(=O)c3ccccc3)cccc2c1=O. The fourth-order valence-corrected chi connectivity index (χ4v) is 2.51. The third-order valence-corrected chi connectivity index (χ3v) is 3.77. The van der Waals surface area contributed by atoms with Crippen molar-refractivity contribution in [1.29, 1.82) is 0 Å². The number of pyridine rings is 1. The average Bonchev–Trinajstić information content (AvgIpc) is 2.61. The van der Waals surface area contributed by atoms with Crippen molar-refractivity contribution in [3.05, 3.63) is 76.7 Å². The molecule has 0 bridgehead atoms. The number of aryl methyl sites for hydroxylation is 1. The monoisotopic (exact) mass is 307 g/mol. The first-order valence-corrected chi connectivity index (χ1v) is 7.54. The largest absolute Gasteiger partial charge is 0.485 e. The lowest BCUT2D eigenvalue weighted by Crippen LogP contribution is -2.18. The maximum Gasteiger partial charge on any atom is 0.258 e. The van der Waals surface area contributed by atoms with E-state index in [0.717, 1.165) is 5.39 Å². The molecule has 0 aliphatic carbocycles. The Balaban J connectivity index is 1.88. The summed E-state index contributed by atoms with van der Waals surface area (Å²) in [5.74, 6) is 0.455. The van der Waals surface area contributed by atoms with Crippen molar-refractivity contribution in [3.8, 4) is 5.75 Å². The molecule has 4 nitrogen and oxygen atoms in total. The molecule has 0 aliphatic rings. The van der Waals surface area contributed by atoms with Gasteiger partial charge in [0.15, 0.2) is 12.4 Å². The van der Waals surface area contributed by atoms with Crippen molar-refractivity contribution in [2.24, 2.45) is 0 Å². The zero-order valence-electron chi connectivity index (χ0n) is 12.9. The minimum Gasteiger partial charge on any atom is -0.485 e. The highest BCUT2D eigenvalue weighted by Gasteiger charge is 2.10. The molecule has 0 fully saturated rings. The molecular formula is C19H17NO3. The lowest BCUT2D eigenvalue weighted by molar-refractivity contribution is 0.0922. The maximum atomic E-state index is 12.3. The first kappa shape index (κ1) is 15.0. The molecule has 0 radical (unpaired) electrons. The van der Waals surface area contributed by atoms with Crippen LogP contribution in [0, 0.1) is 0 Å². The molecule has 0 spiro atoms. The number of fused-ring (bicyclic) bond motifs is 1. The van der Waals surface area contributed by atoms with Gasteiger partial charge in [-0.1, -0.05) is 36.4 Å². The summed E-state index contributed by atoms with van der Waals surface area (Å²) in [6.45, 7) is 2.48. The van der Waals surface area contributed by atoms with Gasteiger partial charge in [0, 0.05) is 23.7 Å². The van der Waals surface area contributed by atoms with Gasteiger partial charge in [0.1, 0.15) is 5.75 Å². The van der Waals surface area contributed by atoms with E-state index in [1.54, 1.807) is 41.1 Å². The van der Waals surface area contributed by atoms with E-state index in [2.05, 4.69) is 0 Å². The Morgan fingerprint density at radius 1 is 1.00 bits per heavy atom. The van der Waals surface area contributed by atoms with Gasteiger partial charge in [-0.25, -0.2) is 0 Å². The molecule has 0 amide bonds. The number of hydrogen-bond donors (Lipinski definition) is 0. The quantitative estimate of drug-likeness (QED) is 0.680. The molecule has 1 aromatic heterocycles. The number of benzene rings is 2. The van der Waals surface area contributed by atoms with Crippen LogP contribution in [0.2, 0.25) is 0 Å². The first-order chi connectivity index (χ1) is 11.2. The van der Waals surface area contributed by atoms with Crippen LogP contribution in [0.5, 0.6) is 5.75 Å². The Kier molecular flexibility index (Phi) is 4.24. The van der Waals surface area contributed by atoms with Gasteiger partial charge in [-0.3, -0.25) is 9.59 Å². The second-order valence-electron chi connectivity index (χ2n) is 5.20. The Morgan fingerprint density at radius 3 is 2.52 bits per heavy atom. The minimum atomic E-state index is -0.0931. The summed E-state index contributed by atoms with van der Waals surface area (Å²) in [5.41, 5.74) is 0.561. The molecule has 0 aliphatic heterocycles. The van der Waals surface area contributed by atoms with E-state index in [1.807, 2.05) is 31.2 Å². The summed E-state index contributed by atoms with van der Waals surface area (Å²) >= 11 is 0. The molecule has 2 aromatic carbocycles. The standard InChI is InChI=1S/C19H17NO3/c1-2-20-12-11-15-16(19(20)22)9-6-10-18(15)23-13-17(21)14-7-4-3-5-8-14/h3-12H,2,13H2,1H3. The first-order valence-electron chi connectivity index (χ1n) is 7.54. The smallest absolute Gasteiger partial charge is 0.258 e. The minimum absolute atomic E-state index is 0.0511. The number of carbonyl (C=O) groups is 1. The molecule has 3 rings (SSSR count). The zero-order valence-corrected chi connectivity index (χ0v) is 12.9. The van der Waals surface area contributed by atoms with Crippen molar-refractivity contribution >= 4 is 16.6 Å². The lowest BCUT2D eigenvalue weighted by atomic mass is 10.1. The van der Waals surface area contributed by atoms with Gasteiger partial charge in [-0.05, 0) is 25.1 Å². The molecule has 23 heavy (non-hydrogen) atoms. The molecule has 4 heteroatoms. The summed E-state index contributed by atoms with van der Waals surface area (Å²) in [6.07, 6.45) is 1.75. The summed E-state index contributed by atoms with van der Waals surface area (Å²) < 4.78 is 7.31. The predicted octanol–water partition coefficient (Wildman–Crippen LogP) is 3.28. The molecule has 1 heterocycles. The Hall–Kier alpha value is -2.88. The Labute approximate surface area is 133 Å². The van der Waals surface area contributed by atoms with Crippen molar-refractivity contribution in [1.82, 2.24) is 4.57 Å². The average molecular weight is 307 g/mol. The Bertz CT molecular complexity index is 897. The fraction of sp³-hybridized carbons (Fsp3) is 0.158. The molecule has 0 saturated carbocycles. The summed E-state index contributed by atoms with van der Waals surface area (Å²) in [5, 5.41) is 1.32. The number of rotatable bonds is 5. The van der Waals surface area contributed by atoms with Gasteiger partial charge in [0.05, 0.1) is 5.39 Å². The van der Waals surface area contributed by atoms with Crippen LogP contribution in [0.3, 0.4) is 0 Å². The van der Waals surface area contributed by atoms with Crippen molar-refractivity contribution < 1.29 is 9.53 Å². The van der Waals surface area contributed by atoms with Crippen LogP contribution in [0.1, 0.15) is 17.3 Å². The normalized spacial score (nSPS) is 10.7. The second kappa shape index (κ2) is 6.48. The van der Waals surface area contributed by atoms with Crippen LogP contribution >= 0.6 is 0 Å². The highest BCUT2D eigenvalue weighted by Crippen LogP contribution is 2.23. The van der Waals surface area contributed by atoms with Gasteiger partial charge in [-0.2, -0.15) is 0 Å². The number of ketones is 1. The second-order valence-corrected chi connectivity index (χ2v) is 5.20. The number of hydrogen-bond acceptors (Lipinski definition) is 3. The van der Waals surface area contributed by atoms with E-state index in [4.69, 9.17) is 4.74 Å². The number of ether oxygens (including phenoxy) is 1. The topological polar surface area (TPSA) is 48.3 Å². The number of aromatic nitrogens is 1. The number of carbonyl (C=O) groups excluding carboxylic acids is 1. The van der Waals surface area contributed by atoms with Gasteiger partial charge in [-0.15, -0.1) is 0 Å². The summed E-state index contributed by atoms with van der Waals surface area (Å²) in [7, 11) is 0. The molecule has 0 saturated heterocycles. The molecule has 3 aromatic rings. The number of nitrogens with zero attached hydrogens (tertiary/aromatic N) is 1. The third-order valence-electron chi connectivity index (χ3n) is 3.77. The van der Waals surface area contributed by atoms with Crippen molar-refractivity contribution in [2.75, 3.05) is 6.61 Å². The summed E-state index contributed by atoms with van der Waals surface area (Å²) in [4.78, 5) is 24.4. The molecule has 0 N–H and O–H groups in total. The van der Waals surface area contributed by atoms with Crippen LogP contribution in [-0.2, 0) is 6.54 Å². The fourth-order valence-electron chi connectivity index (χ4n) is 2.51. The van der Waals surface area contributed by atoms with E-state index in [1.165, 1.54) is 0 Å². The lowest BCUT2D eigenvalue weighted by Gasteiger charge is -2.10.